The van der Waals surface area contributed by atoms with E-state index in [2.05, 4.69) is 5.32 Å². The molecule has 68 valence electrons. The van der Waals surface area contributed by atoms with E-state index >= 15 is 0 Å². The molecule has 1 unspecified atom stereocenters. The molecule has 1 aliphatic rings. The van der Waals surface area contributed by atoms with Gasteiger partial charge in [0.05, 0.1) is 0 Å². The van der Waals surface area contributed by atoms with Crippen molar-refractivity contribution in [2.24, 2.45) is 0 Å². The molecule has 1 aromatic carbocycles. The molecule has 0 fully saturated rings. The van der Waals surface area contributed by atoms with Crippen LogP contribution in [0.4, 0.5) is 5.69 Å². The van der Waals surface area contributed by atoms with Gasteiger partial charge in [-0.25, -0.2) is 0 Å². The van der Waals surface area contributed by atoms with Crippen LogP contribution in [0, 0.1) is 0 Å². The number of rotatable bonds is 0. The number of aromatic hydroxyl groups is 1. The Bertz CT molecular complexity index is 360. The van der Waals surface area contributed by atoms with Crippen molar-refractivity contribution < 1.29 is 9.90 Å². The van der Waals surface area contributed by atoms with Gasteiger partial charge in [-0.15, -0.1) is 0 Å². The predicted octanol–water partition coefficient (Wildman–Crippen LogP) is 1.84. The molecule has 0 aromatic heterocycles. The molecular formula is C10H11NO2. The van der Waals surface area contributed by atoms with E-state index in [-0.39, 0.29) is 17.6 Å². The summed E-state index contributed by atoms with van der Waals surface area (Å²) in [5, 5.41) is 12.0. The number of phenols is 1. The number of nitrogens with one attached hydrogen (secondary N) is 1. The summed E-state index contributed by atoms with van der Waals surface area (Å²) < 4.78 is 0. The molecular weight excluding hydrogens is 166 g/mol. The summed E-state index contributed by atoms with van der Waals surface area (Å²) >= 11 is 0. The molecule has 3 heteroatoms. The Labute approximate surface area is 76.4 Å². The summed E-state index contributed by atoms with van der Waals surface area (Å²) in [5.41, 5.74) is 1.83. The second-order valence-corrected chi connectivity index (χ2v) is 3.42. The van der Waals surface area contributed by atoms with Crippen LogP contribution in [0.15, 0.2) is 18.2 Å². The van der Waals surface area contributed by atoms with Crippen molar-refractivity contribution in [3.63, 3.8) is 0 Å². The van der Waals surface area contributed by atoms with Crippen LogP contribution in [0.5, 0.6) is 5.75 Å². The van der Waals surface area contributed by atoms with Crippen LogP contribution in [-0.2, 0) is 4.79 Å². The molecule has 0 aliphatic carbocycles. The van der Waals surface area contributed by atoms with Gasteiger partial charge in [-0.3, -0.25) is 4.79 Å². The molecule has 1 aliphatic heterocycles. The van der Waals surface area contributed by atoms with E-state index in [0.717, 1.165) is 11.3 Å². The van der Waals surface area contributed by atoms with Crippen molar-refractivity contribution in [1.82, 2.24) is 0 Å². The molecule has 2 rings (SSSR count). The SMILES string of the molecule is CC1CC(=O)Nc2ccc(O)cc21. The maximum Gasteiger partial charge on any atom is 0.224 e. The molecule has 0 saturated carbocycles. The summed E-state index contributed by atoms with van der Waals surface area (Å²) in [7, 11) is 0. The van der Waals surface area contributed by atoms with Crippen LogP contribution in [0.2, 0.25) is 0 Å². The van der Waals surface area contributed by atoms with Crippen molar-refractivity contribution in [2.75, 3.05) is 5.32 Å². The van der Waals surface area contributed by atoms with Crippen molar-refractivity contribution in [3.8, 4) is 5.75 Å². The van der Waals surface area contributed by atoms with Crippen LogP contribution >= 0.6 is 0 Å². The van der Waals surface area contributed by atoms with Crippen LogP contribution < -0.4 is 5.32 Å². The number of carbonyl (C=O) groups excluding carboxylic acids is 1. The summed E-state index contributed by atoms with van der Waals surface area (Å²) in [4.78, 5) is 11.1. The Balaban J connectivity index is 2.49. The Morgan fingerprint density at radius 1 is 1.54 bits per heavy atom. The first-order valence-electron chi connectivity index (χ1n) is 4.29. The maximum absolute atomic E-state index is 11.1. The van der Waals surface area contributed by atoms with E-state index in [1.807, 2.05) is 6.92 Å². The van der Waals surface area contributed by atoms with Crippen molar-refractivity contribution in [3.05, 3.63) is 23.8 Å². The number of fused-ring (bicyclic) bond motifs is 1. The molecule has 3 nitrogen and oxygen atoms in total. The zero-order valence-electron chi connectivity index (χ0n) is 7.37. The fourth-order valence-corrected chi connectivity index (χ4v) is 1.66. The van der Waals surface area contributed by atoms with E-state index in [9.17, 15) is 9.90 Å². The van der Waals surface area contributed by atoms with Gasteiger partial charge in [0.2, 0.25) is 5.91 Å². The Morgan fingerprint density at radius 2 is 2.31 bits per heavy atom. The lowest BCUT2D eigenvalue weighted by Gasteiger charge is -2.22. The molecule has 1 aromatic rings. The number of hydrogen-bond acceptors (Lipinski definition) is 2. The minimum Gasteiger partial charge on any atom is -0.508 e. The smallest absolute Gasteiger partial charge is 0.224 e. The lowest BCUT2D eigenvalue weighted by atomic mass is 9.92. The van der Waals surface area contributed by atoms with Gasteiger partial charge < -0.3 is 10.4 Å². The van der Waals surface area contributed by atoms with Gasteiger partial charge in [-0.1, -0.05) is 6.92 Å². The first-order chi connectivity index (χ1) is 6.16. The lowest BCUT2D eigenvalue weighted by Crippen LogP contribution is -2.21. The zero-order valence-corrected chi connectivity index (χ0v) is 7.37. The van der Waals surface area contributed by atoms with Crippen LogP contribution in [-0.4, -0.2) is 11.0 Å². The second kappa shape index (κ2) is 2.76. The number of anilines is 1. The molecule has 0 bridgehead atoms. The first kappa shape index (κ1) is 8.10. The largest absolute Gasteiger partial charge is 0.508 e. The summed E-state index contributed by atoms with van der Waals surface area (Å²) in [6, 6.07) is 5.02. The van der Waals surface area contributed by atoms with E-state index < -0.39 is 0 Å². The Morgan fingerprint density at radius 3 is 3.08 bits per heavy atom. The normalized spacial score (nSPS) is 20.7. The Kier molecular flexibility index (Phi) is 1.72. The minimum absolute atomic E-state index is 0.0469. The minimum atomic E-state index is 0.0469. The average molecular weight is 177 g/mol. The van der Waals surface area contributed by atoms with E-state index in [4.69, 9.17) is 0 Å². The average Bonchev–Trinajstić information content (AvgIpc) is 2.06. The standard InChI is InChI=1S/C10H11NO2/c1-6-4-10(13)11-9-3-2-7(12)5-8(6)9/h2-3,5-6,12H,4H2,1H3,(H,11,13). The molecule has 2 N–H and O–H groups in total. The third-order valence-electron chi connectivity index (χ3n) is 2.33. The number of carbonyl (C=O) groups is 1. The fraction of sp³-hybridized carbons (Fsp3) is 0.300. The summed E-state index contributed by atoms with van der Waals surface area (Å²) in [5.74, 6) is 0.489. The van der Waals surface area contributed by atoms with E-state index in [1.54, 1.807) is 18.2 Å². The highest BCUT2D eigenvalue weighted by molar-refractivity contribution is 5.94. The second-order valence-electron chi connectivity index (χ2n) is 3.42. The summed E-state index contributed by atoms with van der Waals surface area (Å²) in [6.07, 6.45) is 0.496. The van der Waals surface area contributed by atoms with Gasteiger partial charge in [0.15, 0.2) is 0 Å². The molecule has 1 amide bonds. The molecule has 0 saturated heterocycles. The summed E-state index contributed by atoms with van der Waals surface area (Å²) in [6.45, 7) is 1.98. The lowest BCUT2D eigenvalue weighted by molar-refractivity contribution is -0.116. The molecule has 0 radical (unpaired) electrons. The molecule has 1 atom stereocenters. The van der Waals surface area contributed by atoms with Crippen molar-refractivity contribution >= 4 is 11.6 Å². The number of amides is 1. The molecule has 13 heavy (non-hydrogen) atoms. The molecule has 0 spiro atoms. The van der Waals surface area contributed by atoms with Gasteiger partial charge >= 0.3 is 0 Å². The predicted molar refractivity (Wildman–Crippen MR) is 49.8 cm³/mol. The van der Waals surface area contributed by atoms with Gasteiger partial charge in [-0.2, -0.15) is 0 Å². The monoisotopic (exact) mass is 177 g/mol. The third-order valence-corrected chi connectivity index (χ3v) is 2.33. The van der Waals surface area contributed by atoms with Gasteiger partial charge in [-0.05, 0) is 29.7 Å². The van der Waals surface area contributed by atoms with Gasteiger partial charge in [0.25, 0.3) is 0 Å². The van der Waals surface area contributed by atoms with Crippen LogP contribution in [0.25, 0.3) is 0 Å². The van der Waals surface area contributed by atoms with Gasteiger partial charge in [0, 0.05) is 12.1 Å². The fourth-order valence-electron chi connectivity index (χ4n) is 1.66. The highest BCUT2D eigenvalue weighted by Gasteiger charge is 2.21. The number of hydrogen-bond donors (Lipinski definition) is 2. The topological polar surface area (TPSA) is 49.3 Å². The van der Waals surface area contributed by atoms with E-state index in [1.165, 1.54) is 0 Å². The van der Waals surface area contributed by atoms with Crippen LogP contribution in [0.3, 0.4) is 0 Å². The first-order valence-corrected chi connectivity index (χ1v) is 4.29. The number of benzene rings is 1. The zero-order chi connectivity index (χ0) is 9.42. The number of phenolic OH excluding ortho intramolecular Hbond substituents is 1. The molecule has 1 heterocycles. The third kappa shape index (κ3) is 1.37. The maximum atomic E-state index is 11.1. The van der Waals surface area contributed by atoms with Crippen molar-refractivity contribution in [1.29, 1.82) is 0 Å². The Hall–Kier alpha value is -1.51. The van der Waals surface area contributed by atoms with Crippen molar-refractivity contribution in [2.45, 2.75) is 19.3 Å². The van der Waals surface area contributed by atoms with Gasteiger partial charge in [0.1, 0.15) is 5.75 Å². The highest BCUT2D eigenvalue weighted by Crippen LogP contribution is 2.33. The highest BCUT2D eigenvalue weighted by atomic mass is 16.3. The van der Waals surface area contributed by atoms with E-state index in [0.29, 0.717) is 6.42 Å². The quantitative estimate of drug-likeness (QED) is 0.594. The van der Waals surface area contributed by atoms with Crippen LogP contribution in [0.1, 0.15) is 24.8 Å².